The SMILES string of the molecule is CCCN1CCN(C(=O)c2ccnn2C)C[C@@H](Cc2ccc(-c3ccccc3F)cc2)C1=O. The Kier molecular flexibility index (Phi) is 6.87. The molecule has 33 heavy (non-hydrogen) atoms. The van der Waals surface area contributed by atoms with E-state index in [1.165, 1.54) is 6.07 Å². The van der Waals surface area contributed by atoms with Crippen molar-refractivity contribution in [1.29, 1.82) is 0 Å². The number of hydrogen-bond acceptors (Lipinski definition) is 3. The predicted octanol–water partition coefficient (Wildman–Crippen LogP) is 3.78. The van der Waals surface area contributed by atoms with Crippen molar-refractivity contribution in [3.8, 4) is 11.1 Å². The molecule has 6 nitrogen and oxygen atoms in total. The van der Waals surface area contributed by atoms with E-state index in [9.17, 15) is 14.0 Å². The summed E-state index contributed by atoms with van der Waals surface area (Å²) in [7, 11) is 1.74. The molecule has 0 saturated carbocycles. The zero-order valence-electron chi connectivity index (χ0n) is 19.1. The van der Waals surface area contributed by atoms with E-state index in [0.717, 1.165) is 17.5 Å². The average molecular weight is 449 g/mol. The molecule has 1 aliphatic heterocycles. The van der Waals surface area contributed by atoms with Gasteiger partial charge in [0.2, 0.25) is 5.91 Å². The largest absolute Gasteiger partial charge is 0.341 e. The van der Waals surface area contributed by atoms with Crippen LogP contribution in [0.1, 0.15) is 29.4 Å². The number of halogens is 1. The third-order valence-corrected chi connectivity index (χ3v) is 6.18. The van der Waals surface area contributed by atoms with Gasteiger partial charge in [-0.2, -0.15) is 5.10 Å². The molecule has 0 aliphatic carbocycles. The molecule has 1 atom stereocenters. The number of nitrogens with zero attached hydrogens (tertiary/aromatic N) is 4. The van der Waals surface area contributed by atoms with Gasteiger partial charge in [-0.15, -0.1) is 0 Å². The fourth-order valence-corrected chi connectivity index (χ4v) is 4.42. The van der Waals surface area contributed by atoms with Crippen molar-refractivity contribution < 1.29 is 14.0 Å². The molecule has 1 aliphatic rings. The molecule has 2 heterocycles. The predicted molar refractivity (Wildman–Crippen MR) is 125 cm³/mol. The highest BCUT2D eigenvalue weighted by molar-refractivity contribution is 5.93. The highest BCUT2D eigenvalue weighted by atomic mass is 19.1. The molecule has 7 heteroatoms. The summed E-state index contributed by atoms with van der Waals surface area (Å²) in [6.07, 6.45) is 2.99. The number of carbonyl (C=O) groups is 2. The molecule has 0 bridgehead atoms. The summed E-state index contributed by atoms with van der Waals surface area (Å²) >= 11 is 0. The smallest absolute Gasteiger partial charge is 0.272 e. The van der Waals surface area contributed by atoms with Crippen LogP contribution < -0.4 is 0 Å². The van der Waals surface area contributed by atoms with Crippen LogP contribution in [-0.2, 0) is 18.3 Å². The molecule has 0 radical (unpaired) electrons. The summed E-state index contributed by atoms with van der Waals surface area (Å²) in [6.45, 7) is 4.11. The fourth-order valence-electron chi connectivity index (χ4n) is 4.42. The van der Waals surface area contributed by atoms with Crippen molar-refractivity contribution in [2.75, 3.05) is 26.2 Å². The van der Waals surface area contributed by atoms with Gasteiger partial charge in [-0.1, -0.05) is 49.4 Å². The van der Waals surface area contributed by atoms with Crippen LogP contribution in [0.5, 0.6) is 0 Å². The van der Waals surface area contributed by atoms with Gasteiger partial charge < -0.3 is 9.80 Å². The van der Waals surface area contributed by atoms with Crippen molar-refractivity contribution in [2.24, 2.45) is 13.0 Å². The zero-order valence-corrected chi connectivity index (χ0v) is 19.1. The van der Waals surface area contributed by atoms with E-state index in [1.807, 2.05) is 42.2 Å². The summed E-state index contributed by atoms with van der Waals surface area (Å²) in [4.78, 5) is 30.1. The number of hydrogen-bond donors (Lipinski definition) is 0. The van der Waals surface area contributed by atoms with Crippen LogP contribution in [-0.4, -0.2) is 57.6 Å². The van der Waals surface area contributed by atoms with Crippen LogP contribution in [0.25, 0.3) is 11.1 Å². The Bertz CT molecular complexity index is 1130. The number of aryl methyl sites for hydroxylation is 1. The normalized spacial score (nSPS) is 16.7. The maximum Gasteiger partial charge on any atom is 0.272 e. The van der Waals surface area contributed by atoms with Gasteiger partial charge in [0.25, 0.3) is 5.91 Å². The molecule has 0 N–H and O–H groups in total. The van der Waals surface area contributed by atoms with Gasteiger partial charge in [0.05, 0.1) is 5.92 Å². The second-order valence-electron chi connectivity index (χ2n) is 8.49. The number of carbonyl (C=O) groups excluding carboxylic acids is 2. The zero-order chi connectivity index (χ0) is 23.4. The molecule has 0 spiro atoms. The monoisotopic (exact) mass is 448 g/mol. The van der Waals surface area contributed by atoms with Crippen LogP contribution in [0.15, 0.2) is 60.8 Å². The van der Waals surface area contributed by atoms with Crippen LogP contribution in [0.2, 0.25) is 0 Å². The molecule has 3 aromatic rings. The standard InChI is InChI=1S/C26H29FN4O2/c1-3-14-30-15-16-31(26(33)24-12-13-28-29(24)2)18-21(25(30)32)17-19-8-10-20(11-9-19)22-6-4-5-7-23(22)27/h4-13,21H,3,14-18H2,1-2H3/t21-/m1/s1. The highest BCUT2D eigenvalue weighted by Gasteiger charge is 2.33. The van der Waals surface area contributed by atoms with Crippen molar-refractivity contribution >= 4 is 11.8 Å². The third kappa shape index (κ3) is 4.97. The van der Waals surface area contributed by atoms with Crippen molar-refractivity contribution in [3.63, 3.8) is 0 Å². The Morgan fingerprint density at radius 3 is 2.52 bits per heavy atom. The summed E-state index contributed by atoms with van der Waals surface area (Å²) in [5.41, 5.74) is 2.85. The fraction of sp³-hybridized carbons (Fsp3) is 0.346. The molecule has 2 aromatic carbocycles. The minimum atomic E-state index is -0.337. The molecular formula is C26H29FN4O2. The molecule has 2 amide bonds. The minimum absolute atomic E-state index is 0.0790. The van der Waals surface area contributed by atoms with Crippen LogP contribution in [0, 0.1) is 11.7 Å². The molecule has 172 valence electrons. The minimum Gasteiger partial charge on any atom is -0.341 e. The Labute approximate surface area is 193 Å². The van der Waals surface area contributed by atoms with Gasteiger partial charge in [0.1, 0.15) is 11.5 Å². The Morgan fingerprint density at radius 1 is 1.09 bits per heavy atom. The number of benzene rings is 2. The van der Waals surface area contributed by atoms with E-state index in [-0.39, 0.29) is 23.5 Å². The summed E-state index contributed by atoms with van der Waals surface area (Å²) < 4.78 is 15.7. The van der Waals surface area contributed by atoms with E-state index in [1.54, 1.807) is 41.0 Å². The van der Waals surface area contributed by atoms with Crippen LogP contribution >= 0.6 is 0 Å². The summed E-state index contributed by atoms with van der Waals surface area (Å²) in [5, 5.41) is 4.11. The maximum absolute atomic E-state index is 14.1. The Balaban J connectivity index is 1.55. The van der Waals surface area contributed by atoms with Crippen molar-refractivity contribution in [1.82, 2.24) is 19.6 Å². The van der Waals surface area contributed by atoms with Gasteiger partial charge in [0, 0.05) is 45.0 Å². The first kappa shape index (κ1) is 22.7. The first-order chi connectivity index (χ1) is 16.0. The second-order valence-corrected chi connectivity index (χ2v) is 8.49. The van der Waals surface area contributed by atoms with Crippen LogP contribution in [0.3, 0.4) is 0 Å². The van der Waals surface area contributed by atoms with Crippen molar-refractivity contribution in [2.45, 2.75) is 19.8 Å². The molecular weight excluding hydrogens is 419 g/mol. The first-order valence-corrected chi connectivity index (χ1v) is 11.4. The molecule has 0 unspecified atom stereocenters. The van der Waals surface area contributed by atoms with E-state index < -0.39 is 0 Å². The van der Waals surface area contributed by atoms with Gasteiger partial charge in [0.15, 0.2) is 0 Å². The summed E-state index contributed by atoms with van der Waals surface area (Å²) in [5.74, 6) is -0.629. The first-order valence-electron chi connectivity index (χ1n) is 11.4. The molecule has 1 aromatic heterocycles. The lowest BCUT2D eigenvalue weighted by atomic mass is 9.95. The highest BCUT2D eigenvalue weighted by Crippen LogP contribution is 2.25. The third-order valence-electron chi connectivity index (χ3n) is 6.18. The number of rotatable bonds is 6. The van der Waals surface area contributed by atoms with Crippen molar-refractivity contribution in [3.05, 3.63) is 77.9 Å². The van der Waals surface area contributed by atoms with Gasteiger partial charge in [-0.3, -0.25) is 14.3 Å². The topological polar surface area (TPSA) is 58.4 Å². The van der Waals surface area contributed by atoms with Gasteiger partial charge in [-0.25, -0.2) is 4.39 Å². The van der Waals surface area contributed by atoms with E-state index >= 15 is 0 Å². The van der Waals surface area contributed by atoms with E-state index in [2.05, 4.69) is 5.10 Å². The summed E-state index contributed by atoms with van der Waals surface area (Å²) in [6, 6.07) is 16.0. The van der Waals surface area contributed by atoms with E-state index in [4.69, 9.17) is 0 Å². The maximum atomic E-state index is 14.1. The molecule has 4 rings (SSSR count). The van der Waals surface area contributed by atoms with Gasteiger partial charge >= 0.3 is 0 Å². The molecule has 1 saturated heterocycles. The molecule has 1 fully saturated rings. The quantitative estimate of drug-likeness (QED) is 0.577. The lowest BCUT2D eigenvalue weighted by Crippen LogP contribution is -2.38. The lowest BCUT2D eigenvalue weighted by Gasteiger charge is -2.24. The Hall–Kier alpha value is -3.48. The van der Waals surface area contributed by atoms with Crippen LogP contribution in [0.4, 0.5) is 4.39 Å². The number of aromatic nitrogens is 2. The number of amides is 2. The van der Waals surface area contributed by atoms with E-state index in [0.29, 0.717) is 43.9 Å². The second kappa shape index (κ2) is 9.98. The lowest BCUT2D eigenvalue weighted by molar-refractivity contribution is -0.134. The van der Waals surface area contributed by atoms with Gasteiger partial charge in [-0.05, 0) is 36.1 Å². The average Bonchev–Trinajstić information content (AvgIpc) is 3.19. The Morgan fingerprint density at radius 2 is 1.85 bits per heavy atom.